The second kappa shape index (κ2) is 6.06. The molecule has 0 bridgehead atoms. The topological polar surface area (TPSA) is 113 Å². The Hall–Kier alpha value is -1.63. The van der Waals surface area contributed by atoms with Gasteiger partial charge in [-0.25, -0.2) is 4.79 Å². The van der Waals surface area contributed by atoms with Crippen molar-refractivity contribution < 1.29 is 19.5 Å². The number of hydrogen-bond donors (Lipinski definition) is 3. The summed E-state index contributed by atoms with van der Waals surface area (Å²) in [6, 6.07) is -2.46. The summed E-state index contributed by atoms with van der Waals surface area (Å²) >= 11 is 0. The number of nitrogens with two attached hydrogens (primary N) is 1. The first kappa shape index (κ1) is 14.4. The number of carbonyl (C=O) groups excluding carboxylic acids is 2. The zero-order valence-electron chi connectivity index (χ0n) is 9.56. The molecule has 2 unspecified atom stereocenters. The van der Waals surface area contributed by atoms with E-state index in [1.165, 1.54) is 18.9 Å². The van der Waals surface area contributed by atoms with Crippen molar-refractivity contribution in [1.29, 1.82) is 0 Å². The van der Waals surface area contributed by atoms with Crippen LogP contribution in [0.15, 0.2) is 0 Å². The highest BCUT2D eigenvalue weighted by atomic mass is 16.4. The van der Waals surface area contributed by atoms with Gasteiger partial charge in [0.15, 0.2) is 0 Å². The maximum atomic E-state index is 11.4. The molecule has 0 spiro atoms. The van der Waals surface area contributed by atoms with E-state index in [0.717, 1.165) is 0 Å². The first-order chi connectivity index (χ1) is 7.31. The number of carbonyl (C=O) groups is 3. The van der Waals surface area contributed by atoms with Crippen molar-refractivity contribution in [3.63, 3.8) is 0 Å². The number of carboxylic acid groups (broad SMARTS) is 1. The minimum Gasteiger partial charge on any atom is -0.480 e. The molecule has 0 aromatic rings. The number of nitrogens with zero attached hydrogens (tertiary/aromatic N) is 1. The number of aliphatic carboxylic acids is 1. The molecule has 0 aromatic carbocycles. The minimum absolute atomic E-state index is 0.361. The molecule has 0 rings (SSSR count). The molecule has 4 N–H and O–H groups in total. The average Bonchev–Trinajstić information content (AvgIpc) is 2.15. The number of urea groups is 1. The summed E-state index contributed by atoms with van der Waals surface area (Å²) in [5.41, 5.74) is 4.79. The molecule has 7 heteroatoms. The summed E-state index contributed by atoms with van der Waals surface area (Å²) in [6.45, 7) is 3.21. The lowest BCUT2D eigenvalue weighted by Gasteiger charge is -2.28. The van der Waals surface area contributed by atoms with Crippen molar-refractivity contribution in [3.8, 4) is 0 Å². The van der Waals surface area contributed by atoms with Gasteiger partial charge in [0, 0.05) is 0 Å². The maximum Gasteiger partial charge on any atom is 0.320 e. The number of primary amides is 1. The van der Waals surface area contributed by atoms with Crippen LogP contribution in [0.2, 0.25) is 0 Å². The maximum absolute atomic E-state index is 11.4. The monoisotopic (exact) mass is 231 g/mol. The second-order valence-corrected chi connectivity index (χ2v) is 3.46. The van der Waals surface area contributed by atoms with E-state index in [2.05, 4.69) is 0 Å². The Bertz CT molecular complexity index is 292. The summed E-state index contributed by atoms with van der Waals surface area (Å²) in [7, 11) is 1.51. The summed E-state index contributed by atoms with van der Waals surface area (Å²) in [4.78, 5) is 34.1. The van der Waals surface area contributed by atoms with Gasteiger partial charge in [-0.1, -0.05) is 6.92 Å². The summed E-state index contributed by atoms with van der Waals surface area (Å²) in [5.74, 6) is -1.63. The van der Waals surface area contributed by atoms with E-state index >= 15 is 0 Å². The molecule has 0 fully saturated rings. The minimum atomic E-state index is -1.01. The lowest BCUT2D eigenvalue weighted by molar-refractivity contribution is -0.144. The highest BCUT2D eigenvalue weighted by Gasteiger charge is 2.28. The first-order valence-electron chi connectivity index (χ1n) is 4.86. The van der Waals surface area contributed by atoms with Crippen molar-refractivity contribution >= 4 is 17.9 Å². The van der Waals surface area contributed by atoms with Crippen LogP contribution in [0.4, 0.5) is 4.79 Å². The van der Waals surface area contributed by atoms with Crippen LogP contribution in [0, 0.1) is 0 Å². The number of carboxylic acids is 1. The Morgan fingerprint density at radius 2 is 1.94 bits per heavy atom. The lowest BCUT2D eigenvalue weighted by atomic mass is 10.1. The Morgan fingerprint density at radius 1 is 1.44 bits per heavy atom. The first-order valence-corrected chi connectivity index (χ1v) is 4.86. The van der Waals surface area contributed by atoms with Gasteiger partial charge in [0.25, 0.3) is 0 Å². The van der Waals surface area contributed by atoms with E-state index in [1.54, 1.807) is 6.92 Å². The van der Waals surface area contributed by atoms with Crippen molar-refractivity contribution in [1.82, 2.24) is 10.2 Å². The van der Waals surface area contributed by atoms with Gasteiger partial charge < -0.3 is 10.8 Å². The Morgan fingerprint density at radius 3 is 2.25 bits per heavy atom. The average molecular weight is 231 g/mol. The van der Waals surface area contributed by atoms with E-state index in [9.17, 15) is 14.4 Å². The van der Waals surface area contributed by atoms with Crippen LogP contribution in [0.1, 0.15) is 20.3 Å². The van der Waals surface area contributed by atoms with Gasteiger partial charge in [0.05, 0.1) is 6.04 Å². The van der Waals surface area contributed by atoms with Crippen molar-refractivity contribution in [2.75, 3.05) is 7.05 Å². The predicted molar refractivity (Wildman–Crippen MR) is 56.7 cm³/mol. The fourth-order valence-corrected chi connectivity index (χ4v) is 1.32. The molecule has 3 amide bonds. The fraction of sp³-hybridized carbons (Fsp3) is 0.667. The molecule has 0 aliphatic heterocycles. The smallest absolute Gasteiger partial charge is 0.320 e. The molecule has 0 aliphatic carbocycles. The molecule has 7 nitrogen and oxygen atoms in total. The summed E-state index contributed by atoms with van der Waals surface area (Å²) in [6.07, 6.45) is 0.361. The van der Waals surface area contributed by atoms with E-state index in [-0.39, 0.29) is 0 Å². The zero-order chi connectivity index (χ0) is 12.9. The quantitative estimate of drug-likeness (QED) is 0.582. The normalized spacial score (nSPS) is 14.2. The molecule has 16 heavy (non-hydrogen) atoms. The third-order valence-electron chi connectivity index (χ3n) is 2.40. The third kappa shape index (κ3) is 3.85. The molecular weight excluding hydrogens is 214 g/mol. The number of imide groups is 1. The van der Waals surface area contributed by atoms with Crippen LogP contribution in [-0.2, 0) is 9.59 Å². The van der Waals surface area contributed by atoms with Gasteiger partial charge in [0.2, 0.25) is 5.91 Å². The van der Waals surface area contributed by atoms with Crippen LogP contribution < -0.4 is 11.1 Å². The number of likely N-dealkylation sites (N-methyl/N-ethyl adjacent to an activating group) is 1. The molecule has 0 aromatic heterocycles. The largest absolute Gasteiger partial charge is 0.480 e. The summed E-state index contributed by atoms with van der Waals surface area (Å²) in [5, 5.41) is 10.8. The standard InChI is InChI=1S/C9H17N3O4/c1-4-6(8(14)15)12(3)5(2)7(13)11-9(10)16/h5-6H,4H2,1-3H3,(H,14,15)(H3,10,11,13,16). The number of amides is 3. The molecule has 2 atom stereocenters. The lowest BCUT2D eigenvalue weighted by Crippen LogP contribution is -2.52. The van der Waals surface area contributed by atoms with Gasteiger partial charge in [-0.2, -0.15) is 0 Å². The molecule has 0 heterocycles. The molecular formula is C9H17N3O4. The van der Waals surface area contributed by atoms with Gasteiger partial charge in [-0.05, 0) is 20.4 Å². The predicted octanol–water partition coefficient (Wildman–Crippen LogP) is -0.635. The molecule has 0 radical (unpaired) electrons. The van der Waals surface area contributed by atoms with E-state index in [0.29, 0.717) is 6.42 Å². The SMILES string of the molecule is CCC(C(=O)O)N(C)C(C)C(=O)NC(N)=O. The highest BCUT2D eigenvalue weighted by Crippen LogP contribution is 2.07. The zero-order valence-corrected chi connectivity index (χ0v) is 9.56. The van der Waals surface area contributed by atoms with Gasteiger partial charge in [0.1, 0.15) is 6.04 Å². The summed E-state index contributed by atoms with van der Waals surface area (Å²) < 4.78 is 0. The number of hydrogen-bond acceptors (Lipinski definition) is 4. The second-order valence-electron chi connectivity index (χ2n) is 3.46. The fourth-order valence-electron chi connectivity index (χ4n) is 1.32. The molecule has 0 saturated carbocycles. The third-order valence-corrected chi connectivity index (χ3v) is 2.40. The van der Waals surface area contributed by atoms with Crippen molar-refractivity contribution in [2.45, 2.75) is 32.4 Å². The van der Waals surface area contributed by atoms with Crippen LogP contribution in [-0.4, -0.2) is 47.0 Å². The van der Waals surface area contributed by atoms with Crippen LogP contribution in [0.5, 0.6) is 0 Å². The Balaban J connectivity index is 4.58. The van der Waals surface area contributed by atoms with E-state index in [1.807, 2.05) is 5.32 Å². The Labute approximate surface area is 93.6 Å². The van der Waals surface area contributed by atoms with E-state index < -0.39 is 30.0 Å². The van der Waals surface area contributed by atoms with Crippen molar-refractivity contribution in [3.05, 3.63) is 0 Å². The Kier molecular flexibility index (Phi) is 5.44. The highest BCUT2D eigenvalue weighted by molar-refractivity contribution is 5.96. The number of rotatable bonds is 5. The van der Waals surface area contributed by atoms with Gasteiger partial charge in [-0.15, -0.1) is 0 Å². The van der Waals surface area contributed by atoms with E-state index in [4.69, 9.17) is 10.8 Å². The van der Waals surface area contributed by atoms with Gasteiger partial charge in [-0.3, -0.25) is 19.8 Å². The van der Waals surface area contributed by atoms with Crippen LogP contribution >= 0.6 is 0 Å². The van der Waals surface area contributed by atoms with Crippen molar-refractivity contribution in [2.24, 2.45) is 5.73 Å². The van der Waals surface area contributed by atoms with Crippen LogP contribution in [0.25, 0.3) is 0 Å². The molecule has 0 saturated heterocycles. The molecule has 92 valence electrons. The molecule has 0 aliphatic rings. The number of nitrogens with one attached hydrogen (secondary N) is 1. The van der Waals surface area contributed by atoms with Gasteiger partial charge >= 0.3 is 12.0 Å². The van der Waals surface area contributed by atoms with Crippen LogP contribution in [0.3, 0.4) is 0 Å².